The summed E-state index contributed by atoms with van der Waals surface area (Å²) in [5.74, 6) is 0. The van der Waals surface area contributed by atoms with Crippen molar-refractivity contribution in [1.29, 1.82) is 0 Å². The van der Waals surface area contributed by atoms with E-state index in [4.69, 9.17) is 0 Å². The largest absolute Gasteiger partial charge is 0.678 e. The van der Waals surface area contributed by atoms with E-state index >= 15 is 0 Å². The van der Waals surface area contributed by atoms with E-state index in [-0.39, 0.29) is 23.8 Å². The SMILES string of the molecule is O=[N+]([O-])C1C=CC(C=Cc2ccccc2)([N+](=O)[O-])C([N+](=O)[O-])([N+](=O)[O-])C1([N+](=O)[O-])[N+](=O)[O-]. The number of nitro groups is 6. The highest BCUT2D eigenvalue weighted by atomic mass is 16.7. The van der Waals surface area contributed by atoms with Gasteiger partial charge in [-0.1, -0.05) is 36.4 Å². The van der Waals surface area contributed by atoms with E-state index in [9.17, 15) is 60.7 Å². The number of hydrogen-bond acceptors (Lipinski definition) is 12. The van der Waals surface area contributed by atoms with Gasteiger partial charge in [-0.05, 0) is 5.56 Å². The lowest BCUT2D eigenvalue weighted by Crippen LogP contribution is -2.86. The number of nitrogens with zero attached hydrogens (tertiary/aromatic N) is 6. The molecular weight excluding hydrogens is 444 g/mol. The first-order valence-electron chi connectivity index (χ1n) is 8.13. The summed E-state index contributed by atoms with van der Waals surface area (Å²) >= 11 is 0. The van der Waals surface area contributed by atoms with Crippen molar-refractivity contribution in [3.63, 3.8) is 0 Å². The van der Waals surface area contributed by atoms with E-state index in [0.717, 1.165) is 6.08 Å². The Balaban J connectivity index is 3.17. The molecule has 0 fully saturated rings. The lowest BCUT2D eigenvalue weighted by atomic mass is 9.68. The Kier molecular flexibility index (Phi) is 5.65. The zero-order valence-electron chi connectivity index (χ0n) is 15.4. The molecular formula is C14H10N6O12. The predicted octanol–water partition coefficient (Wildman–Crippen LogP) is 0.430. The summed E-state index contributed by atoms with van der Waals surface area (Å²) in [7, 11) is 0. The molecule has 1 aliphatic carbocycles. The van der Waals surface area contributed by atoms with Crippen LogP contribution in [0.15, 0.2) is 48.6 Å². The Morgan fingerprint density at radius 3 is 1.59 bits per heavy atom. The van der Waals surface area contributed by atoms with E-state index in [1.54, 1.807) is 0 Å². The van der Waals surface area contributed by atoms with Crippen molar-refractivity contribution in [2.24, 2.45) is 0 Å². The average molecular weight is 454 g/mol. The van der Waals surface area contributed by atoms with E-state index in [2.05, 4.69) is 0 Å². The molecule has 0 radical (unpaired) electrons. The maximum absolute atomic E-state index is 12.0. The molecule has 1 aliphatic rings. The second-order valence-electron chi connectivity index (χ2n) is 6.34. The maximum Gasteiger partial charge on any atom is 0.678 e. The topological polar surface area (TPSA) is 259 Å². The van der Waals surface area contributed by atoms with Crippen molar-refractivity contribution in [1.82, 2.24) is 0 Å². The fraction of sp³-hybridized carbons (Fsp3) is 0.286. The molecule has 168 valence electrons. The highest BCUT2D eigenvalue weighted by Gasteiger charge is 3.09. The van der Waals surface area contributed by atoms with Crippen molar-refractivity contribution in [2.75, 3.05) is 0 Å². The first-order valence-corrected chi connectivity index (χ1v) is 8.13. The number of rotatable bonds is 8. The van der Waals surface area contributed by atoms with Gasteiger partial charge in [0.15, 0.2) is 0 Å². The third kappa shape index (κ3) is 2.73. The molecule has 0 saturated carbocycles. The van der Waals surface area contributed by atoms with Crippen LogP contribution in [0, 0.1) is 60.7 Å². The molecule has 2 unspecified atom stereocenters. The van der Waals surface area contributed by atoms with E-state index in [0.29, 0.717) is 0 Å². The third-order valence-corrected chi connectivity index (χ3v) is 4.96. The molecule has 32 heavy (non-hydrogen) atoms. The minimum atomic E-state index is -4.96. The summed E-state index contributed by atoms with van der Waals surface area (Å²) in [4.78, 5) is 58.8. The van der Waals surface area contributed by atoms with Crippen molar-refractivity contribution >= 4 is 6.08 Å². The van der Waals surface area contributed by atoms with E-state index < -0.39 is 52.4 Å². The molecule has 0 aromatic heterocycles. The molecule has 2 rings (SSSR count). The Morgan fingerprint density at radius 2 is 1.22 bits per heavy atom. The smallest absolute Gasteiger partial charge is 0.263 e. The summed E-state index contributed by atoms with van der Waals surface area (Å²) in [5.41, 5.74) is -13.7. The van der Waals surface area contributed by atoms with Gasteiger partial charge < -0.3 is 0 Å². The lowest BCUT2D eigenvalue weighted by Gasteiger charge is -2.32. The molecule has 0 bridgehead atoms. The minimum absolute atomic E-state index is 0.00891. The molecule has 1 aromatic rings. The van der Waals surface area contributed by atoms with Crippen molar-refractivity contribution in [3.8, 4) is 0 Å². The molecule has 0 N–H and O–H groups in total. The van der Waals surface area contributed by atoms with Gasteiger partial charge in [0.05, 0.1) is 4.92 Å². The van der Waals surface area contributed by atoms with Crippen molar-refractivity contribution in [2.45, 2.75) is 22.9 Å². The van der Waals surface area contributed by atoms with Gasteiger partial charge in [-0.3, -0.25) is 60.7 Å². The summed E-state index contributed by atoms with van der Waals surface area (Å²) in [6.07, 6.45) is 0.972. The van der Waals surface area contributed by atoms with Crippen LogP contribution in [-0.2, 0) is 0 Å². The highest BCUT2D eigenvalue weighted by molar-refractivity contribution is 5.52. The zero-order chi connectivity index (χ0) is 24.5. The first-order chi connectivity index (χ1) is 14.8. The Hall–Kier alpha value is -4.90. The molecule has 18 nitrogen and oxygen atoms in total. The summed E-state index contributed by atoms with van der Waals surface area (Å²) in [6, 6.07) is 3.62. The highest BCUT2D eigenvalue weighted by Crippen LogP contribution is 2.49. The van der Waals surface area contributed by atoms with Gasteiger partial charge in [-0.15, -0.1) is 0 Å². The lowest BCUT2D eigenvalue weighted by molar-refractivity contribution is -0.973. The normalized spacial score (nSPS) is 23.3. The van der Waals surface area contributed by atoms with Crippen LogP contribution in [0.1, 0.15) is 5.56 Å². The Labute approximate surface area is 174 Å². The fourth-order valence-electron chi connectivity index (χ4n) is 3.58. The summed E-state index contributed by atoms with van der Waals surface area (Å²) < 4.78 is 0. The fourth-order valence-corrected chi connectivity index (χ4v) is 3.58. The van der Waals surface area contributed by atoms with E-state index in [1.807, 2.05) is 0 Å². The quantitative estimate of drug-likeness (QED) is 0.224. The van der Waals surface area contributed by atoms with Crippen LogP contribution < -0.4 is 0 Å². The van der Waals surface area contributed by atoms with Gasteiger partial charge in [-0.25, -0.2) is 0 Å². The Morgan fingerprint density at radius 1 is 0.719 bits per heavy atom. The molecule has 18 heteroatoms. The predicted molar refractivity (Wildman–Crippen MR) is 98.6 cm³/mol. The molecule has 0 amide bonds. The van der Waals surface area contributed by atoms with Crippen molar-refractivity contribution < 1.29 is 29.5 Å². The van der Waals surface area contributed by atoms with Gasteiger partial charge in [0, 0.05) is 23.2 Å². The standard InChI is InChI=1S/C14H10N6O12/c21-15(22)11-7-9-12(16(23)24,8-6-10-4-2-1-3-5-10)14(19(29)30,20(31)32)13(11,17(25)26)18(27)28/h1-9,11H. The monoisotopic (exact) mass is 454 g/mol. The van der Waals surface area contributed by atoms with Crippen LogP contribution in [-0.4, -0.2) is 52.4 Å². The van der Waals surface area contributed by atoms with Crippen LogP contribution in [0.25, 0.3) is 6.08 Å². The maximum atomic E-state index is 12.0. The van der Waals surface area contributed by atoms with Gasteiger partial charge >= 0.3 is 22.9 Å². The Bertz CT molecular complexity index is 1060. The molecule has 0 spiro atoms. The van der Waals surface area contributed by atoms with Crippen LogP contribution in [0.3, 0.4) is 0 Å². The van der Waals surface area contributed by atoms with E-state index in [1.165, 1.54) is 30.3 Å². The number of hydrogen-bond donors (Lipinski definition) is 0. The first kappa shape index (κ1) is 23.4. The second kappa shape index (κ2) is 7.74. The van der Waals surface area contributed by atoms with Crippen LogP contribution in [0.5, 0.6) is 0 Å². The molecule has 0 saturated heterocycles. The summed E-state index contributed by atoms with van der Waals surface area (Å²) in [5, 5.41) is 71.0. The molecule has 2 atom stereocenters. The molecule has 1 aromatic carbocycles. The zero-order valence-corrected chi connectivity index (χ0v) is 15.4. The third-order valence-electron chi connectivity index (χ3n) is 4.96. The number of benzene rings is 1. The van der Waals surface area contributed by atoms with Crippen LogP contribution >= 0.6 is 0 Å². The van der Waals surface area contributed by atoms with Crippen LogP contribution in [0.4, 0.5) is 0 Å². The van der Waals surface area contributed by atoms with Gasteiger partial charge in [0.25, 0.3) is 0 Å². The molecule has 0 aliphatic heterocycles. The second-order valence-corrected chi connectivity index (χ2v) is 6.34. The average Bonchev–Trinajstić information content (AvgIpc) is 2.70. The van der Waals surface area contributed by atoms with Gasteiger partial charge in [0.1, 0.15) is 19.7 Å². The van der Waals surface area contributed by atoms with Crippen molar-refractivity contribution in [3.05, 3.63) is 115 Å². The van der Waals surface area contributed by atoms with Crippen LogP contribution in [0.2, 0.25) is 0 Å². The minimum Gasteiger partial charge on any atom is -0.263 e. The molecule has 0 heterocycles. The van der Waals surface area contributed by atoms with Gasteiger partial charge in [-0.2, -0.15) is 0 Å². The summed E-state index contributed by atoms with van der Waals surface area (Å²) in [6.45, 7) is 0. The van der Waals surface area contributed by atoms with Gasteiger partial charge in [0.2, 0.25) is 0 Å².